The highest BCUT2D eigenvalue weighted by Crippen LogP contribution is 2.20. The zero-order valence-electron chi connectivity index (χ0n) is 10.7. The van der Waals surface area contributed by atoms with Gasteiger partial charge in [0.1, 0.15) is 12.4 Å². The van der Waals surface area contributed by atoms with Crippen molar-refractivity contribution in [2.24, 2.45) is 0 Å². The van der Waals surface area contributed by atoms with Crippen molar-refractivity contribution in [2.45, 2.75) is 6.61 Å². The molecule has 0 bridgehead atoms. The number of anilines is 1. The molecule has 0 saturated heterocycles. The fourth-order valence-corrected chi connectivity index (χ4v) is 2.01. The highest BCUT2D eigenvalue weighted by atomic mass is 16.5. The Bertz CT molecular complexity index is 794. The molecule has 0 radical (unpaired) electrons. The van der Waals surface area contributed by atoms with Gasteiger partial charge in [0.25, 0.3) is 0 Å². The normalized spacial score (nSPS) is 10.6. The molecule has 2 N–H and O–H groups in total. The van der Waals surface area contributed by atoms with Gasteiger partial charge in [-0.05, 0) is 23.1 Å². The number of nitrogen functional groups attached to an aromatic ring is 1. The Morgan fingerprint density at radius 1 is 1.05 bits per heavy atom. The number of ether oxygens (including phenoxy) is 1. The summed E-state index contributed by atoms with van der Waals surface area (Å²) in [5.41, 5.74) is 6.11. The first-order valence-corrected chi connectivity index (χ1v) is 6.22. The Morgan fingerprint density at radius 3 is 2.65 bits per heavy atom. The van der Waals surface area contributed by atoms with E-state index in [2.05, 4.69) is 0 Å². The second-order valence-electron chi connectivity index (χ2n) is 4.46. The molecule has 4 nitrogen and oxygen atoms in total. The van der Waals surface area contributed by atoms with Crippen molar-refractivity contribution < 1.29 is 9.15 Å². The second-order valence-corrected chi connectivity index (χ2v) is 4.46. The Hall–Kier alpha value is -2.75. The summed E-state index contributed by atoms with van der Waals surface area (Å²) >= 11 is 0. The van der Waals surface area contributed by atoms with Crippen molar-refractivity contribution >= 4 is 16.7 Å². The van der Waals surface area contributed by atoms with Crippen LogP contribution in [0, 0.1) is 0 Å². The van der Waals surface area contributed by atoms with Crippen molar-refractivity contribution in [2.75, 3.05) is 5.73 Å². The summed E-state index contributed by atoms with van der Waals surface area (Å²) in [6, 6.07) is 16.7. The van der Waals surface area contributed by atoms with Crippen LogP contribution < -0.4 is 16.1 Å². The average Bonchev–Trinajstić information content (AvgIpc) is 2.46. The lowest BCUT2D eigenvalue weighted by atomic mass is 10.2. The summed E-state index contributed by atoms with van der Waals surface area (Å²) in [4.78, 5) is 11.7. The average molecular weight is 267 g/mol. The molecule has 1 aromatic heterocycles. The van der Waals surface area contributed by atoms with Crippen LogP contribution in [0.1, 0.15) is 5.56 Å². The summed E-state index contributed by atoms with van der Waals surface area (Å²) in [5.74, 6) is 0.735. The summed E-state index contributed by atoms with van der Waals surface area (Å²) in [5, 5.41) is 1.20. The highest BCUT2D eigenvalue weighted by molar-refractivity contribution is 5.84. The van der Waals surface area contributed by atoms with E-state index >= 15 is 0 Å². The lowest BCUT2D eigenvalue weighted by Gasteiger charge is -2.07. The minimum absolute atomic E-state index is 0.112. The van der Waals surface area contributed by atoms with Crippen LogP contribution in [0.2, 0.25) is 0 Å². The van der Waals surface area contributed by atoms with Crippen molar-refractivity contribution in [1.82, 2.24) is 0 Å². The number of nitrogens with two attached hydrogens (primary N) is 1. The molecule has 3 aromatic rings. The van der Waals surface area contributed by atoms with Gasteiger partial charge < -0.3 is 14.9 Å². The summed E-state index contributed by atoms with van der Waals surface area (Å²) < 4.78 is 10.5. The summed E-state index contributed by atoms with van der Waals surface area (Å²) in [6.07, 6.45) is 0. The van der Waals surface area contributed by atoms with Crippen LogP contribution in [-0.2, 0) is 6.61 Å². The number of fused-ring (bicyclic) bond motifs is 1. The van der Waals surface area contributed by atoms with E-state index in [0.717, 1.165) is 10.9 Å². The fourth-order valence-electron chi connectivity index (χ4n) is 2.01. The van der Waals surface area contributed by atoms with Gasteiger partial charge in [-0.3, -0.25) is 0 Å². The van der Waals surface area contributed by atoms with Crippen LogP contribution in [-0.4, -0.2) is 0 Å². The van der Waals surface area contributed by atoms with E-state index < -0.39 is 5.63 Å². The molecule has 20 heavy (non-hydrogen) atoms. The molecular weight excluding hydrogens is 254 g/mol. The number of rotatable bonds is 3. The van der Waals surface area contributed by atoms with Crippen LogP contribution in [0.15, 0.2) is 63.8 Å². The topological polar surface area (TPSA) is 65.5 Å². The Morgan fingerprint density at radius 2 is 1.85 bits per heavy atom. The minimum atomic E-state index is -0.454. The molecule has 1 heterocycles. The lowest BCUT2D eigenvalue weighted by Crippen LogP contribution is -2.02. The number of hydrogen-bond donors (Lipinski definition) is 1. The fraction of sp³-hybridized carbons (Fsp3) is 0.0625. The molecule has 0 amide bonds. The molecule has 0 aliphatic carbocycles. The van der Waals surface area contributed by atoms with Crippen molar-refractivity contribution in [1.29, 1.82) is 0 Å². The standard InChI is InChI=1S/C16H13NO3/c17-15-8-12-6-7-13(9-14(12)16(18)20-15)19-10-11-4-2-1-3-5-11/h1-9H,10,17H2. The summed E-state index contributed by atoms with van der Waals surface area (Å²) in [7, 11) is 0. The van der Waals surface area contributed by atoms with Crippen molar-refractivity contribution in [3.8, 4) is 5.75 Å². The molecule has 0 saturated carbocycles. The molecule has 4 heteroatoms. The third kappa shape index (κ3) is 2.49. The van der Waals surface area contributed by atoms with Crippen LogP contribution in [0.25, 0.3) is 10.8 Å². The van der Waals surface area contributed by atoms with Gasteiger partial charge in [0, 0.05) is 6.07 Å². The molecule has 0 fully saturated rings. The van der Waals surface area contributed by atoms with Gasteiger partial charge in [-0.2, -0.15) is 0 Å². The van der Waals surface area contributed by atoms with E-state index in [1.54, 1.807) is 18.2 Å². The Balaban J connectivity index is 1.88. The smallest absolute Gasteiger partial charge is 0.345 e. The maximum absolute atomic E-state index is 11.7. The highest BCUT2D eigenvalue weighted by Gasteiger charge is 2.04. The van der Waals surface area contributed by atoms with E-state index in [-0.39, 0.29) is 5.88 Å². The van der Waals surface area contributed by atoms with E-state index in [9.17, 15) is 4.79 Å². The van der Waals surface area contributed by atoms with E-state index in [1.165, 1.54) is 0 Å². The molecule has 2 aromatic carbocycles. The molecular formula is C16H13NO3. The predicted octanol–water partition coefficient (Wildman–Crippen LogP) is 2.95. The van der Waals surface area contributed by atoms with Gasteiger partial charge in [-0.25, -0.2) is 4.79 Å². The predicted molar refractivity (Wildman–Crippen MR) is 77.7 cm³/mol. The molecule has 0 aliphatic heterocycles. The van der Waals surface area contributed by atoms with Crippen LogP contribution >= 0.6 is 0 Å². The first-order chi connectivity index (χ1) is 9.72. The minimum Gasteiger partial charge on any atom is -0.489 e. The molecule has 0 atom stereocenters. The van der Waals surface area contributed by atoms with Crippen molar-refractivity contribution in [3.63, 3.8) is 0 Å². The zero-order chi connectivity index (χ0) is 13.9. The molecule has 3 rings (SSSR count). The third-order valence-corrected chi connectivity index (χ3v) is 3.00. The van der Waals surface area contributed by atoms with E-state index in [1.807, 2.05) is 36.4 Å². The lowest BCUT2D eigenvalue weighted by molar-refractivity contribution is 0.306. The maximum Gasteiger partial charge on any atom is 0.345 e. The van der Waals surface area contributed by atoms with Crippen LogP contribution in [0.3, 0.4) is 0 Å². The van der Waals surface area contributed by atoms with Crippen LogP contribution in [0.4, 0.5) is 5.88 Å². The monoisotopic (exact) mass is 267 g/mol. The first-order valence-electron chi connectivity index (χ1n) is 6.22. The number of hydrogen-bond acceptors (Lipinski definition) is 4. The number of benzene rings is 2. The third-order valence-electron chi connectivity index (χ3n) is 3.00. The van der Waals surface area contributed by atoms with Gasteiger partial charge in [-0.1, -0.05) is 36.4 Å². The van der Waals surface area contributed by atoms with Gasteiger partial charge in [0.2, 0.25) is 0 Å². The summed E-state index contributed by atoms with van der Waals surface area (Å²) in [6.45, 7) is 0.451. The van der Waals surface area contributed by atoms with Crippen molar-refractivity contribution in [3.05, 3.63) is 70.6 Å². The van der Waals surface area contributed by atoms with Gasteiger partial charge in [0.15, 0.2) is 5.88 Å². The first kappa shape index (κ1) is 12.3. The van der Waals surface area contributed by atoms with Gasteiger partial charge in [0.05, 0.1) is 5.39 Å². The SMILES string of the molecule is Nc1cc2ccc(OCc3ccccc3)cc2c(=O)o1. The van der Waals surface area contributed by atoms with E-state index in [0.29, 0.717) is 17.7 Å². The Kier molecular flexibility index (Phi) is 3.13. The van der Waals surface area contributed by atoms with Crippen LogP contribution in [0.5, 0.6) is 5.75 Å². The zero-order valence-corrected chi connectivity index (χ0v) is 10.7. The van der Waals surface area contributed by atoms with E-state index in [4.69, 9.17) is 14.9 Å². The molecule has 0 unspecified atom stereocenters. The second kappa shape index (κ2) is 5.09. The molecule has 100 valence electrons. The molecule has 0 aliphatic rings. The maximum atomic E-state index is 11.7. The van der Waals surface area contributed by atoms with Gasteiger partial charge in [-0.15, -0.1) is 0 Å². The largest absolute Gasteiger partial charge is 0.489 e. The Labute approximate surface area is 115 Å². The molecule has 0 spiro atoms. The van der Waals surface area contributed by atoms with Gasteiger partial charge >= 0.3 is 5.63 Å². The quantitative estimate of drug-likeness (QED) is 0.792.